The quantitative estimate of drug-likeness (QED) is 0.176. The number of hydrogen-bond acceptors (Lipinski definition) is 6. The van der Waals surface area contributed by atoms with Crippen molar-refractivity contribution in [3.05, 3.63) is 95.5 Å². The standard InChI is InChI=1S/C20H16O4S2/c21-17(13-11-15-7-3-1-4-8-15)19(20(23-25)24-26)18(22)14-12-16-9-5-2-6-10-16/h1-14,25-26H/b13-11+,14-12+. The highest BCUT2D eigenvalue weighted by molar-refractivity contribution is 7.75. The average molecular weight is 384 g/mol. The van der Waals surface area contributed by atoms with Crippen LogP contribution in [0.5, 0.6) is 0 Å². The molecule has 2 rings (SSSR count). The average Bonchev–Trinajstić information content (AvgIpc) is 2.70. The fourth-order valence-electron chi connectivity index (χ4n) is 2.07. The van der Waals surface area contributed by atoms with Gasteiger partial charge in [-0.1, -0.05) is 72.8 Å². The molecule has 26 heavy (non-hydrogen) atoms. The number of thiol groups is 2. The normalized spacial score (nSPS) is 10.7. The summed E-state index contributed by atoms with van der Waals surface area (Å²) in [7, 11) is 0. The molecule has 0 radical (unpaired) electrons. The topological polar surface area (TPSA) is 52.6 Å². The lowest BCUT2D eigenvalue weighted by Gasteiger charge is -2.06. The molecule has 0 aromatic heterocycles. The molecule has 0 atom stereocenters. The molecule has 2 aromatic carbocycles. The maximum Gasteiger partial charge on any atom is 0.319 e. The molecule has 0 aliphatic carbocycles. The first-order valence-corrected chi connectivity index (χ1v) is 8.30. The van der Waals surface area contributed by atoms with Gasteiger partial charge in [0.1, 0.15) is 0 Å². The van der Waals surface area contributed by atoms with Crippen molar-refractivity contribution >= 4 is 49.5 Å². The van der Waals surface area contributed by atoms with E-state index in [1.54, 1.807) is 12.2 Å². The van der Waals surface area contributed by atoms with Crippen LogP contribution >= 0.6 is 25.8 Å². The number of allylic oxidation sites excluding steroid dienone is 3. The van der Waals surface area contributed by atoms with Crippen LogP contribution in [0.1, 0.15) is 11.1 Å². The Morgan fingerprint density at radius 3 is 1.42 bits per heavy atom. The molecule has 0 bridgehead atoms. The van der Waals surface area contributed by atoms with E-state index in [1.165, 1.54) is 12.2 Å². The molecule has 0 unspecified atom stereocenters. The summed E-state index contributed by atoms with van der Waals surface area (Å²) in [5, 5.41) is 0. The minimum atomic E-state index is -0.588. The molecule has 132 valence electrons. The summed E-state index contributed by atoms with van der Waals surface area (Å²) in [6.07, 6.45) is 5.70. The van der Waals surface area contributed by atoms with Gasteiger partial charge in [0.25, 0.3) is 0 Å². The Labute approximate surface area is 163 Å². The first-order valence-electron chi connectivity index (χ1n) is 7.57. The Hall–Kier alpha value is -2.70. The van der Waals surface area contributed by atoms with Crippen LogP contribution in [-0.2, 0) is 18.0 Å². The largest absolute Gasteiger partial charge is 0.393 e. The number of carbonyl (C=O) groups excluding carboxylic acids is 2. The molecular weight excluding hydrogens is 368 g/mol. The summed E-state index contributed by atoms with van der Waals surface area (Å²) in [5.41, 5.74) is 1.31. The van der Waals surface area contributed by atoms with E-state index >= 15 is 0 Å². The van der Waals surface area contributed by atoms with Crippen LogP contribution < -0.4 is 0 Å². The van der Waals surface area contributed by atoms with E-state index < -0.39 is 11.6 Å². The van der Waals surface area contributed by atoms with Gasteiger partial charge in [-0.2, -0.15) is 0 Å². The molecule has 4 nitrogen and oxygen atoms in total. The van der Waals surface area contributed by atoms with Gasteiger partial charge >= 0.3 is 5.95 Å². The van der Waals surface area contributed by atoms with E-state index in [-0.39, 0.29) is 11.5 Å². The minimum absolute atomic E-state index is 0.311. The van der Waals surface area contributed by atoms with Gasteiger partial charge in [0.2, 0.25) is 0 Å². The van der Waals surface area contributed by atoms with Crippen molar-refractivity contribution in [2.75, 3.05) is 0 Å². The zero-order chi connectivity index (χ0) is 18.8. The highest BCUT2D eigenvalue weighted by atomic mass is 32.1. The Kier molecular flexibility index (Phi) is 7.79. The second-order valence-electron chi connectivity index (χ2n) is 5.06. The Bertz CT molecular complexity index is 771. The van der Waals surface area contributed by atoms with Crippen LogP contribution in [0.4, 0.5) is 0 Å². The first kappa shape index (κ1) is 19.6. The molecule has 0 N–H and O–H groups in total. The molecule has 0 saturated heterocycles. The second-order valence-corrected chi connectivity index (χ2v) is 5.43. The second kappa shape index (κ2) is 10.3. The summed E-state index contributed by atoms with van der Waals surface area (Å²) in [6.45, 7) is 0. The van der Waals surface area contributed by atoms with E-state index in [2.05, 4.69) is 34.2 Å². The predicted molar refractivity (Wildman–Crippen MR) is 108 cm³/mol. The van der Waals surface area contributed by atoms with Crippen molar-refractivity contribution in [1.82, 2.24) is 0 Å². The van der Waals surface area contributed by atoms with Crippen molar-refractivity contribution in [2.24, 2.45) is 0 Å². The molecule has 0 aliphatic rings. The summed E-state index contributed by atoms with van der Waals surface area (Å²) < 4.78 is 9.35. The van der Waals surface area contributed by atoms with Crippen molar-refractivity contribution < 1.29 is 18.0 Å². The van der Waals surface area contributed by atoms with Crippen LogP contribution in [0.3, 0.4) is 0 Å². The van der Waals surface area contributed by atoms with Gasteiger partial charge in [-0.15, -0.1) is 0 Å². The van der Waals surface area contributed by atoms with Crippen molar-refractivity contribution in [1.29, 1.82) is 0 Å². The van der Waals surface area contributed by atoms with Gasteiger partial charge in [0.05, 0.1) is 0 Å². The molecule has 0 spiro atoms. The molecule has 0 saturated carbocycles. The molecule has 2 aromatic rings. The summed E-state index contributed by atoms with van der Waals surface area (Å²) in [4.78, 5) is 25.0. The van der Waals surface area contributed by atoms with E-state index in [9.17, 15) is 9.59 Å². The molecule has 0 heterocycles. The van der Waals surface area contributed by atoms with Crippen molar-refractivity contribution in [3.8, 4) is 0 Å². The monoisotopic (exact) mass is 384 g/mol. The third kappa shape index (κ3) is 5.68. The van der Waals surface area contributed by atoms with Crippen molar-refractivity contribution in [2.45, 2.75) is 0 Å². The van der Waals surface area contributed by atoms with Gasteiger partial charge in [0, 0.05) is 25.8 Å². The molecule has 0 aliphatic heterocycles. The van der Waals surface area contributed by atoms with Crippen LogP contribution in [0.2, 0.25) is 0 Å². The van der Waals surface area contributed by atoms with Gasteiger partial charge in [-0.3, -0.25) is 9.59 Å². The number of hydrogen-bond donors (Lipinski definition) is 2. The van der Waals surface area contributed by atoms with Gasteiger partial charge in [-0.05, 0) is 23.3 Å². The van der Waals surface area contributed by atoms with Crippen molar-refractivity contribution in [3.63, 3.8) is 0 Å². The summed E-state index contributed by atoms with van der Waals surface area (Å²) in [5.74, 6) is -1.56. The van der Waals surface area contributed by atoms with Crippen LogP contribution in [-0.4, -0.2) is 11.6 Å². The maximum absolute atomic E-state index is 12.5. The summed E-state index contributed by atoms with van der Waals surface area (Å²) >= 11 is 7.23. The molecular formula is C20H16O4S2. The highest BCUT2D eigenvalue weighted by Gasteiger charge is 2.22. The smallest absolute Gasteiger partial charge is 0.319 e. The van der Waals surface area contributed by atoms with Gasteiger partial charge < -0.3 is 8.37 Å². The van der Waals surface area contributed by atoms with E-state index in [4.69, 9.17) is 0 Å². The van der Waals surface area contributed by atoms with Crippen LogP contribution in [0.15, 0.2) is 84.3 Å². The minimum Gasteiger partial charge on any atom is -0.393 e. The number of ketones is 2. The van der Waals surface area contributed by atoms with E-state index in [0.717, 1.165) is 11.1 Å². The molecule has 0 amide bonds. The van der Waals surface area contributed by atoms with E-state index in [1.807, 2.05) is 60.7 Å². The van der Waals surface area contributed by atoms with Crippen LogP contribution in [0.25, 0.3) is 12.2 Å². The Balaban J connectivity index is 2.27. The lowest BCUT2D eigenvalue weighted by atomic mass is 10.0. The first-order chi connectivity index (χ1) is 12.7. The lowest BCUT2D eigenvalue weighted by Crippen LogP contribution is -2.13. The zero-order valence-corrected chi connectivity index (χ0v) is 15.4. The third-order valence-corrected chi connectivity index (χ3v) is 3.65. The fourth-order valence-corrected chi connectivity index (χ4v) is 2.39. The maximum atomic E-state index is 12.5. The molecule has 0 fully saturated rings. The number of carbonyl (C=O) groups is 2. The van der Waals surface area contributed by atoms with Gasteiger partial charge in [0.15, 0.2) is 17.1 Å². The third-order valence-electron chi connectivity index (χ3n) is 3.32. The predicted octanol–water partition coefficient (Wildman–Crippen LogP) is 4.49. The summed E-state index contributed by atoms with van der Waals surface area (Å²) in [6, 6.07) is 18.4. The SMILES string of the molecule is O=C(/C=C/c1ccccc1)C(C(=O)/C=C/c1ccccc1)=C(OS)OS. The Morgan fingerprint density at radius 1 is 0.692 bits per heavy atom. The van der Waals surface area contributed by atoms with Crippen LogP contribution in [0, 0.1) is 0 Å². The van der Waals surface area contributed by atoms with E-state index in [0.29, 0.717) is 0 Å². The Morgan fingerprint density at radius 2 is 1.08 bits per heavy atom. The zero-order valence-electron chi connectivity index (χ0n) is 13.6. The number of benzene rings is 2. The lowest BCUT2D eigenvalue weighted by molar-refractivity contribution is -0.117. The molecule has 6 heteroatoms. The fraction of sp³-hybridized carbons (Fsp3) is 0. The van der Waals surface area contributed by atoms with Gasteiger partial charge in [-0.25, -0.2) is 0 Å². The number of rotatable bonds is 8. The highest BCUT2D eigenvalue weighted by Crippen LogP contribution is 2.17.